The summed E-state index contributed by atoms with van der Waals surface area (Å²) in [5.74, 6) is 1.05. The Labute approximate surface area is 158 Å². The van der Waals surface area contributed by atoms with Crippen molar-refractivity contribution in [2.75, 3.05) is 13.1 Å². The summed E-state index contributed by atoms with van der Waals surface area (Å²) in [5, 5.41) is 2.42. The molecule has 0 radical (unpaired) electrons. The Bertz CT molecular complexity index is 882. The van der Waals surface area contributed by atoms with E-state index in [9.17, 15) is 0 Å². The molecule has 0 aliphatic carbocycles. The molecule has 1 atom stereocenters. The monoisotopic (exact) mass is 373 g/mol. The molecule has 2 nitrogen and oxygen atoms in total. The predicted octanol–water partition coefficient (Wildman–Crippen LogP) is 6.43. The van der Waals surface area contributed by atoms with Crippen LogP contribution in [0.2, 0.25) is 10.0 Å². The lowest BCUT2D eigenvalue weighted by Crippen LogP contribution is -2.28. The van der Waals surface area contributed by atoms with E-state index in [1.807, 2.05) is 18.2 Å². The van der Waals surface area contributed by atoms with Crippen molar-refractivity contribution in [1.82, 2.24) is 4.90 Å². The van der Waals surface area contributed by atoms with Crippen molar-refractivity contribution in [3.05, 3.63) is 58.3 Å². The van der Waals surface area contributed by atoms with Crippen LogP contribution in [0.4, 0.5) is 0 Å². The molecule has 0 spiro atoms. The van der Waals surface area contributed by atoms with Crippen molar-refractivity contribution in [3.63, 3.8) is 0 Å². The van der Waals surface area contributed by atoms with Gasteiger partial charge in [-0.2, -0.15) is 0 Å². The average molecular weight is 374 g/mol. The van der Waals surface area contributed by atoms with Crippen molar-refractivity contribution in [1.29, 1.82) is 0 Å². The van der Waals surface area contributed by atoms with Gasteiger partial charge >= 0.3 is 0 Å². The van der Waals surface area contributed by atoms with Gasteiger partial charge in [-0.15, -0.1) is 0 Å². The van der Waals surface area contributed by atoms with Gasteiger partial charge in [0, 0.05) is 34.4 Å². The van der Waals surface area contributed by atoms with Crippen molar-refractivity contribution < 1.29 is 4.42 Å². The first kappa shape index (κ1) is 17.0. The molecule has 1 saturated heterocycles. The minimum Gasteiger partial charge on any atom is -0.461 e. The third kappa shape index (κ3) is 3.72. The first-order chi connectivity index (χ1) is 12.1. The Hall–Kier alpha value is -1.48. The molecule has 1 unspecified atom stereocenters. The molecule has 4 heteroatoms. The molecule has 3 aromatic rings. The molecule has 0 saturated carbocycles. The highest BCUT2D eigenvalue weighted by Crippen LogP contribution is 2.31. The number of benzene rings is 2. The van der Waals surface area contributed by atoms with E-state index >= 15 is 0 Å². The van der Waals surface area contributed by atoms with Gasteiger partial charge in [-0.3, -0.25) is 0 Å². The van der Waals surface area contributed by atoms with Crippen LogP contribution in [0.15, 0.2) is 46.9 Å². The van der Waals surface area contributed by atoms with Gasteiger partial charge in [0.2, 0.25) is 0 Å². The smallest absolute Gasteiger partial charge is 0.134 e. The van der Waals surface area contributed by atoms with E-state index in [1.54, 1.807) is 6.07 Å². The van der Waals surface area contributed by atoms with Crippen molar-refractivity contribution in [2.24, 2.45) is 0 Å². The van der Waals surface area contributed by atoms with Gasteiger partial charge in [-0.05, 0) is 73.8 Å². The number of likely N-dealkylation sites (tertiary alicyclic amines) is 1. The average Bonchev–Trinajstić information content (AvgIpc) is 3.16. The van der Waals surface area contributed by atoms with Crippen LogP contribution >= 0.6 is 23.2 Å². The summed E-state index contributed by atoms with van der Waals surface area (Å²) in [5.41, 5.74) is 3.05. The maximum atomic E-state index is 6.13. The second kappa shape index (κ2) is 7.03. The van der Waals surface area contributed by atoms with Crippen LogP contribution in [0.5, 0.6) is 0 Å². The van der Waals surface area contributed by atoms with Crippen LogP contribution in [-0.4, -0.2) is 24.0 Å². The molecule has 1 aromatic heterocycles. The fraction of sp³-hybridized carbons (Fsp3) is 0.333. The summed E-state index contributed by atoms with van der Waals surface area (Å²) in [6.45, 7) is 4.59. The summed E-state index contributed by atoms with van der Waals surface area (Å²) in [4.78, 5) is 2.55. The Morgan fingerprint density at radius 1 is 1.04 bits per heavy atom. The summed E-state index contributed by atoms with van der Waals surface area (Å²) < 4.78 is 6.02. The van der Waals surface area contributed by atoms with Crippen LogP contribution in [0.3, 0.4) is 0 Å². The zero-order valence-electron chi connectivity index (χ0n) is 14.3. The van der Waals surface area contributed by atoms with E-state index in [2.05, 4.69) is 30.0 Å². The number of halogens is 2. The lowest BCUT2D eigenvalue weighted by atomic mass is 10.0. The highest BCUT2D eigenvalue weighted by molar-refractivity contribution is 6.35. The third-order valence-corrected chi connectivity index (χ3v) is 5.54. The van der Waals surface area contributed by atoms with Crippen molar-refractivity contribution >= 4 is 34.2 Å². The summed E-state index contributed by atoms with van der Waals surface area (Å²) >= 11 is 12.3. The lowest BCUT2D eigenvalue weighted by molar-refractivity contribution is 0.266. The number of furan rings is 1. The number of fused-ring (bicyclic) bond motifs is 1. The van der Waals surface area contributed by atoms with Gasteiger partial charge in [0.1, 0.15) is 11.3 Å². The van der Waals surface area contributed by atoms with Crippen molar-refractivity contribution in [3.8, 4) is 11.1 Å². The van der Waals surface area contributed by atoms with Crippen LogP contribution in [0, 0.1) is 0 Å². The third-order valence-electron chi connectivity index (χ3n) is 5.10. The Morgan fingerprint density at radius 2 is 1.84 bits per heavy atom. The van der Waals surface area contributed by atoms with Crippen LogP contribution in [0.1, 0.15) is 25.5 Å². The van der Waals surface area contributed by atoms with Gasteiger partial charge in [-0.1, -0.05) is 29.3 Å². The van der Waals surface area contributed by atoms with E-state index in [1.165, 1.54) is 19.4 Å². The topological polar surface area (TPSA) is 16.4 Å². The van der Waals surface area contributed by atoms with Crippen LogP contribution in [0.25, 0.3) is 22.1 Å². The van der Waals surface area contributed by atoms with Gasteiger partial charge in [0.05, 0.1) is 0 Å². The van der Waals surface area contributed by atoms with Gasteiger partial charge in [-0.25, -0.2) is 0 Å². The maximum Gasteiger partial charge on any atom is 0.134 e. The normalized spacial score (nSPS) is 18.3. The fourth-order valence-corrected chi connectivity index (χ4v) is 4.23. The molecular weight excluding hydrogens is 353 g/mol. The number of nitrogens with zero attached hydrogens (tertiary/aromatic N) is 1. The Morgan fingerprint density at radius 3 is 2.56 bits per heavy atom. The fourth-order valence-electron chi connectivity index (χ4n) is 3.70. The molecule has 130 valence electrons. The van der Waals surface area contributed by atoms with E-state index in [4.69, 9.17) is 27.6 Å². The van der Waals surface area contributed by atoms with Crippen LogP contribution in [-0.2, 0) is 6.42 Å². The second-order valence-corrected chi connectivity index (χ2v) is 7.77. The number of hydrogen-bond acceptors (Lipinski definition) is 2. The number of hydrogen-bond donors (Lipinski definition) is 0. The zero-order chi connectivity index (χ0) is 17.4. The molecule has 1 fully saturated rings. The van der Waals surface area contributed by atoms with Gasteiger partial charge in [0.25, 0.3) is 0 Å². The summed E-state index contributed by atoms with van der Waals surface area (Å²) in [6.07, 6.45) is 3.58. The largest absolute Gasteiger partial charge is 0.461 e. The molecule has 0 amide bonds. The first-order valence-corrected chi connectivity index (χ1v) is 9.57. The van der Waals surface area contributed by atoms with E-state index in [0.29, 0.717) is 16.1 Å². The molecule has 0 bridgehead atoms. The second-order valence-electron chi connectivity index (χ2n) is 6.90. The quantitative estimate of drug-likeness (QED) is 0.523. The molecular formula is C21H21Cl2NO. The zero-order valence-corrected chi connectivity index (χ0v) is 15.8. The van der Waals surface area contributed by atoms with Crippen LogP contribution < -0.4 is 0 Å². The van der Waals surface area contributed by atoms with Gasteiger partial charge in [0.15, 0.2) is 0 Å². The molecule has 1 aliphatic heterocycles. The highest BCUT2D eigenvalue weighted by atomic mass is 35.5. The first-order valence-electron chi connectivity index (χ1n) is 8.81. The minimum atomic E-state index is 0.648. The lowest BCUT2D eigenvalue weighted by Gasteiger charge is -2.19. The highest BCUT2D eigenvalue weighted by Gasteiger charge is 2.20. The molecule has 1 aliphatic rings. The molecule has 2 heterocycles. The van der Waals surface area contributed by atoms with Crippen molar-refractivity contribution in [2.45, 2.75) is 32.2 Å². The van der Waals surface area contributed by atoms with E-state index in [-0.39, 0.29) is 0 Å². The summed E-state index contributed by atoms with van der Waals surface area (Å²) in [6, 6.07) is 14.7. The SMILES string of the molecule is CC1CCCN1CCc1cc2cc(-c3cc(Cl)cc(Cl)c3)ccc2o1. The molecule has 4 rings (SSSR count). The maximum absolute atomic E-state index is 6.13. The standard InChI is InChI=1S/C21H21Cl2NO/c1-14-3-2-7-24(14)8-6-20-12-17-9-15(4-5-21(17)25-20)16-10-18(22)13-19(23)11-16/h4-5,9-14H,2-3,6-8H2,1H3. The number of rotatable bonds is 4. The molecule has 0 N–H and O–H groups in total. The summed E-state index contributed by atoms with van der Waals surface area (Å²) in [7, 11) is 0. The van der Waals surface area contributed by atoms with Gasteiger partial charge < -0.3 is 9.32 Å². The molecule has 2 aromatic carbocycles. The minimum absolute atomic E-state index is 0.648. The Balaban J connectivity index is 1.56. The van der Waals surface area contributed by atoms with E-state index < -0.39 is 0 Å². The Kier molecular flexibility index (Phi) is 4.77. The van der Waals surface area contributed by atoms with E-state index in [0.717, 1.165) is 40.8 Å². The predicted molar refractivity (Wildman–Crippen MR) is 106 cm³/mol. The molecule has 25 heavy (non-hydrogen) atoms.